The number of halogens is 1. The summed E-state index contributed by atoms with van der Waals surface area (Å²) >= 11 is 6.33. The fourth-order valence-corrected chi connectivity index (χ4v) is 3.52. The normalized spacial score (nSPS) is 10.8. The van der Waals surface area contributed by atoms with E-state index in [0.29, 0.717) is 32.7 Å². The number of ether oxygens (including phenoxy) is 1. The summed E-state index contributed by atoms with van der Waals surface area (Å²) in [5.74, 6) is 0.123. The van der Waals surface area contributed by atoms with Crippen molar-refractivity contribution >= 4 is 17.5 Å². The summed E-state index contributed by atoms with van der Waals surface area (Å²) < 4.78 is 7.34. The van der Waals surface area contributed by atoms with Crippen LogP contribution < -0.4 is 0 Å². The van der Waals surface area contributed by atoms with Gasteiger partial charge in [0.05, 0.1) is 13.0 Å². The highest BCUT2D eigenvalue weighted by Crippen LogP contribution is 2.18. The van der Waals surface area contributed by atoms with E-state index < -0.39 is 0 Å². The van der Waals surface area contributed by atoms with Crippen molar-refractivity contribution in [2.24, 2.45) is 0 Å². The van der Waals surface area contributed by atoms with E-state index in [9.17, 15) is 4.79 Å². The van der Waals surface area contributed by atoms with Gasteiger partial charge < -0.3 is 14.2 Å². The summed E-state index contributed by atoms with van der Waals surface area (Å²) in [4.78, 5) is 14.9. The van der Waals surface area contributed by atoms with Crippen molar-refractivity contribution in [3.05, 3.63) is 94.8 Å². The fourth-order valence-electron chi connectivity index (χ4n) is 3.33. The Bertz CT molecular complexity index is 908. The van der Waals surface area contributed by atoms with Crippen molar-refractivity contribution in [2.75, 3.05) is 20.3 Å². The fraction of sp³-hybridized carbons (Fsp3) is 0.292. The van der Waals surface area contributed by atoms with Crippen LogP contribution >= 0.6 is 11.6 Å². The van der Waals surface area contributed by atoms with Crippen molar-refractivity contribution in [1.29, 1.82) is 0 Å². The second-order valence-electron chi connectivity index (χ2n) is 7.04. The molecule has 1 heterocycles. The molecular formula is C24H27ClN2O2. The number of hydrogen-bond donors (Lipinski definition) is 0. The summed E-state index contributed by atoms with van der Waals surface area (Å²) in [7, 11) is 1.69. The molecule has 1 aromatic heterocycles. The van der Waals surface area contributed by atoms with E-state index in [1.165, 1.54) is 0 Å². The van der Waals surface area contributed by atoms with Gasteiger partial charge in [0.15, 0.2) is 0 Å². The van der Waals surface area contributed by atoms with Gasteiger partial charge in [-0.05, 0) is 35.7 Å². The van der Waals surface area contributed by atoms with Gasteiger partial charge in [-0.25, -0.2) is 0 Å². The zero-order valence-corrected chi connectivity index (χ0v) is 17.5. The number of nitrogens with zero attached hydrogens (tertiary/aromatic N) is 2. The average Bonchev–Trinajstić information content (AvgIpc) is 3.16. The zero-order valence-electron chi connectivity index (χ0n) is 16.8. The maximum atomic E-state index is 13.0. The van der Waals surface area contributed by atoms with Crippen molar-refractivity contribution < 1.29 is 9.53 Å². The Balaban J connectivity index is 1.73. The lowest BCUT2D eigenvalue weighted by molar-refractivity contribution is -0.131. The first-order chi connectivity index (χ1) is 14.2. The van der Waals surface area contributed by atoms with Gasteiger partial charge in [0.25, 0.3) is 0 Å². The number of rotatable bonds is 10. The van der Waals surface area contributed by atoms with Crippen LogP contribution in [0.1, 0.15) is 23.2 Å². The molecule has 0 aliphatic rings. The number of amides is 1. The lowest BCUT2D eigenvalue weighted by atomic mass is 10.1. The van der Waals surface area contributed by atoms with Gasteiger partial charge >= 0.3 is 0 Å². The van der Waals surface area contributed by atoms with E-state index in [4.69, 9.17) is 16.3 Å². The van der Waals surface area contributed by atoms with Crippen molar-refractivity contribution in [3.8, 4) is 0 Å². The molecule has 0 spiro atoms. The molecule has 0 aliphatic heterocycles. The van der Waals surface area contributed by atoms with Crippen molar-refractivity contribution in [3.63, 3.8) is 0 Å². The summed E-state index contributed by atoms with van der Waals surface area (Å²) in [6.45, 7) is 2.54. The minimum Gasteiger partial charge on any atom is -0.385 e. The molecule has 1 amide bonds. The van der Waals surface area contributed by atoms with Crippen LogP contribution in [0.5, 0.6) is 0 Å². The lowest BCUT2D eigenvalue weighted by Crippen LogP contribution is -2.34. The quantitative estimate of drug-likeness (QED) is 0.450. The topological polar surface area (TPSA) is 34.5 Å². The van der Waals surface area contributed by atoms with E-state index in [0.717, 1.165) is 28.3 Å². The highest BCUT2D eigenvalue weighted by Gasteiger charge is 2.16. The molecule has 5 heteroatoms. The minimum atomic E-state index is 0.123. The van der Waals surface area contributed by atoms with Gasteiger partial charge in [0.2, 0.25) is 5.91 Å². The second-order valence-corrected chi connectivity index (χ2v) is 7.45. The SMILES string of the molecule is COCCCN(Cc1cccn1Cc1ccccc1Cl)C(=O)Cc1ccccc1. The molecule has 4 nitrogen and oxygen atoms in total. The molecule has 3 rings (SSSR count). The molecule has 0 bridgehead atoms. The number of hydrogen-bond acceptors (Lipinski definition) is 2. The highest BCUT2D eigenvalue weighted by atomic mass is 35.5. The van der Waals surface area contributed by atoms with Gasteiger partial charge in [-0.15, -0.1) is 0 Å². The first kappa shape index (κ1) is 21.2. The number of aromatic nitrogens is 1. The van der Waals surface area contributed by atoms with E-state index >= 15 is 0 Å². The van der Waals surface area contributed by atoms with E-state index in [1.807, 2.05) is 71.8 Å². The number of carbonyl (C=O) groups excluding carboxylic acids is 1. The Hall–Kier alpha value is -2.56. The summed E-state index contributed by atoms with van der Waals surface area (Å²) in [5.41, 5.74) is 3.18. The van der Waals surface area contributed by atoms with Crippen LogP contribution in [0.25, 0.3) is 0 Å². The van der Waals surface area contributed by atoms with Crippen LogP contribution in [0.15, 0.2) is 72.9 Å². The van der Waals surface area contributed by atoms with Crippen LogP contribution in [0.4, 0.5) is 0 Å². The molecule has 0 aliphatic carbocycles. The maximum absolute atomic E-state index is 13.0. The zero-order chi connectivity index (χ0) is 20.5. The predicted molar refractivity (Wildman–Crippen MR) is 117 cm³/mol. The van der Waals surface area contributed by atoms with Gasteiger partial charge in [-0.2, -0.15) is 0 Å². The third-order valence-electron chi connectivity index (χ3n) is 4.90. The molecule has 0 unspecified atom stereocenters. The Labute approximate surface area is 177 Å². The van der Waals surface area contributed by atoms with Crippen LogP contribution in [-0.4, -0.2) is 35.6 Å². The van der Waals surface area contributed by atoms with E-state index in [2.05, 4.69) is 10.6 Å². The van der Waals surface area contributed by atoms with E-state index in [-0.39, 0.29) is 5.91 Å². The number of methoxy groups -OCH3 is 1. The van der Waals surface area contributed by atoms with Crippen LogP contribution in [0.3, 0.4) is 0 Å². The Kier molecular flexibility index (Phi) is 7.91. The van der Waals surface area contributed by atoms with Crippen LogP contribution in [0, 0.1) is 0 Å². The monoisotopic (exact) mass is 410 g/mol. The summed E-state index contributed by atoms with van der Waals surface area (Å²) in [6.07, 6.45) is 3.25. The molecule has 3 aromatic rings. The molecule has 0 atom stereocenters. The van der Waals surface area contributed by atoms with Gasteiger partial charge in [0.1, 0.15) is 0 Å². The number of carbonyl (C=O) groups is 1. The third-order valence-corrected chi connectivity index (χ3v) is 5.27. The minimum absolute atomic E-state index is 0.123. The Morgan fingerprint density at radius 2 is 1.79 bits per heavy atom. The molecule has 29 heavy (non-hydrogen) atoms. The number of benzene rings is 2. The van der Waals surface area contributed by atoms with Crippen LogP contribution in [-0.2, 0) is 29.0 Å². The first-order valence-corrected chi connectivity index (χ1v) is 10.2. The third kappa shape index (κ3) is 6.21. The van der Waals surface area contributed by atoms with Crippen molar-refractivity contribution in [2.45, 2.75) is 25.9 Å². The summed E-state index contributed by atoms with van der Waals surface area (Å²) in [6, 6.07) is 21.8. The smallest absolute Gasteiger partial charge is 0.227 e. The van der Waals surface area contributed by atoms with Crippen molar-refractivity contribution in [1.82, 2.24) is 9.47 Å². The molecule has 0 saturated heterocycles. The molecule has 0 saturated carbocycles. The highest BCUT2D eigenvalue weighted by molar-refractivity contribution is 6.31. The largest absolute Gasteiger partial charge is 0.385 e. The molecule has 0 fully saturated rings. The molecule has 2 aromatic carbocycles. The molecular weight excluding hydrogens is 384 g/mol. The van der Waals surface area contributed by atoms with Gasteiger partial charge in [-0.1, -0.05) is 60.1 Å². The maximum Gasteiger partial charge on any atom is 0.227 e. The molecule has 0 radical (unpaired) electrons. The molecule has 0 N–H and O–H groups in total. The van der Waals surface area contributed by atoms with Gasteiger partial charge in [0, 0.05) is 43.7 Å². The second kappa shape index (κ2) is 10.8. The predicted octanol–water partition coefficient (Wildman–Crippen LogP) is 4.80. The average molecular weight is 411 g/mol. The molecule has 152 valence electrons. The first-order valence-electron chi connectivity index (χ1n) is 9.85. The van der Waals surface area contributed by atoms with Gasteiger partial charge in [-0.3, -0.25) is 4.79 Å². The Morgan fingerprint density at radius 1 is 1.03 bits per heavy atom. The van der Waals surface area contributed by atoms with Crippen LogP contribution in [0.2, 0.25) is 5.02 Å². The standard InChI is InChI=1S/C24H27ClN2O2/c1-29-16-8-15-27(24(28)17-20-9-3-2-4-10-20)19-22-12-7-14-26(22)18-21-11-5-6-13-23(21)25/h2-7,9-14H,8,15-19H2,1H3. The Morgan fingerprint density at radius 3 is 2.55 bits per heavy atom. The lowest BCUT2D eigenvalue weighted by Gasteiger charge is -2.24. The summed E-state index contributed by atoms with van der Waals surface area (Å²) in [5, 5.41) is 0.754. The van der Waals surface area contributed by atoms with E-state index in [1.54, 1.807) is 7.11 Å².